The first-order valence-electron chi connectivity index (χ1n) is 11.0. The minimum atomic E-state index is -0.672. The summed E-state index contributed by atoms with van der Waals surface area (Å²) in [6.07, 6.45) is 1.28. The van der Waals surface area contributed by atoms with Crippen LogP contribution in [0.1, 0.15) is 43.1 Å². The summed E-state index contributed by atoms with van der Waals surface area (Å²) >= 11 is 0. The molecule has 0 saturated heterocycles. The van der Waals surface area contributed by atoms with E-state index >= 15 is 0 Å². The summed E-state index contributed by atoms with van der Waals surface area (Å²) in [5.74, 6) is -0.209. The minimum Gasteiger partial charge on any atom is -0.324 e. The fourth-order valence-corrected chi connectivity index (χ4v) is 4.33. The zero-order valence-corrected chi connectivity index (χ0v) is 18.9. The van der Waals surface area contributed by atoms with E-state index in [1.54, 1.807) is 15.3 Å². The number of pyridine rings is 1. The Bertz CT molecular complexity index is 1340. The van der Waals surface area contributed by atoms with Gasteiger partial charge in [0.25, 0.3) is 5.56 Å². The number of anilines is 1. The molecule has 4 aromatic rings. The minimum absolute atomic E-state index is 0.209. The quantitative estimate of drug-likeness (QED) is 0.472. The Morgan fingerprint density at radius 1 is 1.03 bits per heavy atom. The molecule has 1 unspecified atom stereocenters. The molecule has 2 aromatic carbocycles. The van der Waals surface area contributed by atoms with Crippen LogP contribution in [0, 0.1) is 13.8 Å². The summed E-state index contributed by atoms with van der Waals surface area (Å²) in [4.78, 5) is 26.7. The number of amides is 1. The molecule has 0 bridgehead atoms. The number of aryl methyl sites for hydroxylation is 3. The number of aromatic nitrogens is 3. The van der Waals surface area contributed by atoms with Crippen LogP contribution in [0.5, 0.6) is 0 Å². The Balaban J connectivity index is 1.90. The molecule has 6 nitrogen and oxygen atoms in total. The number of nitrogens with zero attached hydrogens (tertiary/aromatic N) is 3. The van der Waals surface area contributed by atoms with Gasteiger partial charge in [0.2, 0.25) is 5.91 Å². The van der Waals surface area contributed by atoms with Crippen LogP contribution >= 0.6 is 0 Å². The summed E-state index contributed by atoms with van der Waals surface area (Å²) in [6, 6.07) is 18.4. The van der Waals surface area contributed by atoms with Gasteiger partial charge in [-0.05, 0) is 56.0 Å². The lowest BCUT2D eigenvalue weighted by atomic mass is 10.1. The van der Waals surface area contributed by atoms with E-state index in [1.165, 1.54) is 0 Å². The number of hydrogen-bond donors (Lipinski definition) is 1. The third kappa shape index (κ3) is 3.73. The van der Waals surface area contributed by atoms with Gasteiger partial charge >= 0.3 is 0 Å². The first kappa shape index (κ1) is 21.6. The van der Waals surface area contributed by atoms with Crippen molar-refractivity contribution in [3.8, 4) is 5.69 Å². The van der Waals surface area contributed by atoms with Gasteiger partial charge in [0.05, 0.1) is 11.4 Å². The Kier molecular flexibility index (Phi) is 5.95. The first-order chi connectivity index (χ1) is 15.5. The molecule has 0 aliphatic rings. The van der Waals surface area contributed by atoms with Crippen LogP contribution in [-0.2, 0) is 11.2 Å². The van der Waals surface area contributed by atoms with Crippen molar-refractivity contribution in [2.24, 2.45) is 0 Å². The predicted molar refractivity (Wildman–Crippen MR) is 129 cm³/mol. The first-order valence-corrected chi connectivity index (χ1v) is 11.0. The van der Waals surface area contributed by atoms with Gasteiger partial charge in [-0.1, -0.05) is 50.2 Å². The molecule has 0 radical (unpaired) electrons. The van der Waals surface area contributed by atoms with Crippen molar-refractivity contribution in [1.82, 2.24) is 14.3 Å². The zero-order valence-electron chi connectivity index (χ0n) is 18.9. The lowest BCUT2D eigenvalue weighted by molar-refractivity contribution is -0.119. The van der Waals surface area contributed by atoms with Gasteiger partial charge in [0.15, 0.2) is 0 Å². The maximum absolute atomic E-state index is 13.4. The van der Waals surface area contributed by atoms with Crippen molar-refractivity contribution in [1.29, 1.82) is 0 Å². The van der Waals surface area contributed by atoms with E-state index in [0.717, 1.165) is 40.0 Å². The average molecular weight is 429 g/mol. The van der Waals surface area contributed by atoms with E-state index in [4.69, 9.17) is 5.10 Å². The molecule has 2 aromatic heterocycles. The van der Waals surface area contributed by atoms with Crippen molar-refractivity contribution in [3.63, 3.8) is 0 Å². The number of nitrogens with one attached hydrogen (secondary N) is 1. The molecule has 0 aliphatic carbocycles. The van der Waals surface area contributed by atoms with Crippen LogP contribution in [-0.4, -0.2) is 20.3 Å². The van der Waals surface area contributed by atoms with E-state index in [2.05, 4.69) is 12.2 Å². The lowest BCUT2D eigenvalue weighted by Gasteiger charge is -2.21. The molecule has 1 N–H and O–H groups in total. The summed E-state index contributed by atoms with van der Waals surface area (Å²) in [6.45, 7) is 7.82. The molecule has 0 saturated carbocycles. The number of carbonyl (C=O) groups excluding carboxylic acids is 1. The second-order valence-corrected chi connectivity index (χ2v) is 7.99. The zero-order chi connectivity index (χ0) is 22.8. The van der Waals surface area contributed by atoms with Crippen LogP contribution in [0.2, 0.25) is 0 Å². The molecular weight excluding hydrogens is 400 g/mol. The molecule has 4 rings (SSSR count). The number of hydrogen-bond acceptors (Lipinski definition) is 3. The van der Waals surface area contributed by atoms with Gasteiger partial charge in [-0.2, -0.15) is 5.10 Å². The number of carbonyl (C=O) groups is 1. The fourth-order valence-electron chi connectivity index (χ4n) is 4.33. The van der Waals surface area contributed by atoms with Crippen LogP contribution in [0.25, 0.3) is 16.7 Å². The van der Waals surface area contributed by atoms with Gasteiger partial charge in [-0.3, -0.25) is 14.2 Å². The molecule has 0 spiro atoms. The topological polar surface area (TPSA) is 68.9 Å². The summed E-state index contributed by atoms with van der Waals surface area (Å²) < 4.78 is 3.37. The van der Waals surface area contributed by atoms with Crippen LogP contribution in [0.3, 0.4) is 0 Å². The smallest absolute Gasteiger partial charge is 0.253 e. The van der Waals surface area contributed by atoms with E-state index in [0.29, 0.717) is 12.1 Å². The molecular formula is C26H28N4O2. The SMILES string of the molecule is CCc1ccccc1NC(=O)C(CC)n1c(=O)cc(C)c2c(C)nn(-c3ccccc3)c21. The fraction of sp³-hybridized carbons (Fsp3) is 0.269. The highest BCUT2D eigenvalue weighted by Crippen LogP contribution is 2.27. The normalized spacial score (nSPS) is 12.1. The maximum Gasteiger partial charge on any atom is 0.253 e. The molecule has 164 valence electrons. The highest BCUT2D eigenvalue weighted by atomic mass is 16.2. The number of para-hydroxylation sites is 2. The van der Waals surface area contributed by atoms with E-state index in [1.807, 2.05) is 75.4 Å². The third-order valence-electron chi connectivity index (χ3n) is 5.89. The van der Waals surface area contributed by atoms with Crippen molar-refractivity contribution in [2.45, 2.75) is 46.6 Å². The number of rotatable bonds is 6. The standard InChI is InChI=1S/C26H28N4O2/c1-5-19-12-10-11-15-21(19)27-25(32)22(6-2)29-23(31)16-17(3)24-18(4)28-30(26(24)29)20-13-8-7-9-14-20/h7-16,22H,5-6H2,1-4H3,(H,27,32). The molecule has 0 fully saturated rings. The Labute approximate surface area is 187 Å². The van der Waals surface area contributed by atoms with Gasteiger partial charge < -0.3 is 5.32 Å². The monoisotopic (exact) mass is 428 g/mol. The highest BCUT2D eigenvalue weighted by Gasteiger charge is 2.26. The molecule has 1 atom stereocenters. The largest absolute Gasteiger partial charge is 0.324 e. The second kappa shape index (κ2) is 8.83. The van der Waals surface area contributed by atoms with Gasteiger partial charge in [0.1, 0.15) is 11.7 Å². The number of benzene rings is 2. The summed E-state index contributed by atoms with van der Waals surface area (Å²) in [5.41, 5.74) is 4.79. The molecule has 0 aliphatic heterocycles. The van der Waals surface area contributed by atoms with Crippen molar-refractivity contribution >= 4 is 22.6 Å². The highest BCUT2D eigenvalue weighted by molar-refractivity contribution is 5.95. The van der Waals surface area contributed by atoms with E-state index in [-0.39, 0.29) is 11.5 Å². The van der Waals surface area contributed by atoms with Crippen LogP contribution in [0.15, 0.2) is 65.5 Å². The summed E-state index contributed by atoms with van der Waals surface area (Å²) in [7, 11) is 0. The molecule has 2 heterocycles. The average Bonchev–Trinajstić information content (AvgIpc) is 3.14. The predicted octanol–water partition coefficient (Wildman–Crippen LogP) is 4.96. The van der Waals surface area contributed by atoms with Crippen molar-refractivity contribution in [3.05, 3.63) is 87.8 Å². The molecule has 32 heavy (non-hydrogen) atoms. The van der Waals surface area contributed by atoms with E-state index in [9.17, 15) is 9.59 Å². The van der Waals surface area contributed by atoms with Crippen molar-refractivity contribution < 1.29 is 4.79 Å². The van der Waals surface area contributed by atoms with Gasteiger partial charge in [0, 0.05) is 17.1 Å². The van der Waals surface area contributed by atoms with Crippen molar-refractivity contribution in [2.75, 3.05) is 5.32 Å². The number of fused-ring (bicyclic) bond motifs is 1. The van der Waals surface area contributed by atoms with Crippen LogP contribution < -0.4 is 10.9 Å². The maximum atomic E-state index is 13.4. The van der Waals surface area contributed by atoms with E-state index < -0.39 is 6.04 Å². The summed E-state index contributed by atoms with van der Waals surface area (Å²) in [5, 5.41) is 8.69. The Morgan fingerprint density at radius 3 is 2.41 bits per heavy atom. The molecule has 1 amide bonds. The Hall–Kier alpha value is -3.67. The lowest BCUT2D eigenvalue weighted by Crippen LogP contribution is -2.34. The van der Waals surface area contributed by atoms with Gasteiger partial charge in [-0.25, -0.2) is 4.68 Å². The Morgan fingerprint density at radius 2 is 1.72 bits per heavy atom. The second-order valence-electron chi connectivity index (χ2n) is 7.99. The van der Waals surface area contributed by atoms with Gasteiger partial charge in [-0.15, -0.1) is 0 Å². The third-order valence-corrected chi connectivity index (χ3v) is 5.89. The molecule has 6 heteroatoms. The van der Waals surface area contributed by atoms with Crippen LogP contribution in [0.4, 0.5) is 5.69 Å².